The van der Waals surface area contributed by atoms with E-state index in [9.17, 15) is 24.0 Å². The zero-order valence-electron chi connectivity index (χ0n) is 19.3. The molecular weight excluding hydrogens is 468 g/mol. The first-order valence-corrected chi connectivity index (χ1v) is 10.9. The van der Waals surface area contributed by atoms with E-state index in [0.717, 1.165) is 0 Å². The monoisotopic (exact) mass is 504 g/mol. The number of hydrogen-bond donors (Lipinski definition) is 10. The van der Waals surface area contributed by atoms with E-state index in [1.807, 2.05) is 0 Å². The zero-order valence-corrected chi connectivity index (χ0v) is 19.3. The predicted molar refractivity (Wildman–Crippen MR) is 124 cm³/mol. The highest BCUT2D eigenvalue weighted by Gasteiger charge is 2.31. The van der Waals surface area contributed by atoms with Gasteiger partial charge in [-0.05, 0) is 38.6 Å². The summed E-state index contributed by atoms with van der Waals surface area (Å²) >= 11 is 0. The average molecular weight is 505 g/mol. The third-order valence-electron chi connectivity index (χ3n) is 4.69. The Labute approximate surface area is 201 Å². The molecule has 3 amide bonds. The number of carbonyl (C=O) groups is 5. The number of aliphatic hydroxyl groups excluding tert-OH is 1. The summed E-state index contributed by atoms with van der Waals surface area (Å²) in [6.45, 7) is -0.369. The summed E-state index contributed by atoms with van der Waals surface area (Å²) in [5.41, 5.74) is 21.6. The van der Waals surface area contributed by atoms with E-state index in [0.29, 0.717) is 25.8 Å². The predicted octanol–water partition coefficient (Wildman–Crippen LogP) is -4.50. The molecule has 0 aromatic carbocycles. The van der Waals surface area contributed by atoms with Gasteiger partial charge in [-0.1, -0.05) is 0 Å². The third kappa shape index (κ3) is 13.7. The molecule has 14 N–H and O–H groups in total. The minimum atomic E-state index is -1.61. The number of nitrogens with one attached hydrogen (secondary N) is 3. The van der Waals surface area contributed by atoms with Crippen molar-refractivity contribution in [2.45, 2.75) is 62.7 Å². The van der Waals surface area contributed by atoms with Gasteiger partial charge in [-0.15, -0.1) is 0 Å². The minimum absolute atomic E-state index is 0.0462. The molecule has 0 aliphatic carbocycles. The van der Waals surface area contributed by atoms with Gasteiger partial charge in [0.15, 0.2) is 5.96 Å². The number of nitrogens with zero attached hydrogens (tertiary/aromatic N) is 1. The van der Waals surface area contributed by atoms with Crippen molar-refractivity contribution in [1.29, 1.82) is 0 Å². The first-order chi connectivity index (χ1) is 16.4. The van der Waals surface area contributed by atoms with Crippen LogP contribution < -0.4 is 38.9 Å². The number of aliphatic imine (C=N–C) groups is 1. The number of nitrogens with two attached hydrogens (primary N) is 4. The van der Waals surface area contributed by atoms with Crippen molar-refractivity contribution in [2.24, 2.45) is 27.9 Å². The highest BCUT2D eigenvalue weighted by atomic mass is 16.4. The molecule has 16 nitrogen and oxygen atoms in total. The molecule has 0 saturated carbocycles. The van der Waals surface area contributed by atoms with E-state index in [1.54, 1.807) is 0 Å². The second kappa shape index (κ2) is 17.0. The Kier molecular flexibility index (Phi) is 15.3. The van der Waals surface area contributed by atoms with Crippen molar-refractivity contribution >= 4 is 35.6 Å². The molecular formula is C19H36N8O8. The number of guanidine groups is 1. The van der Waals surface area contributed by atoms with E-state index in [-0.39, 0.29) is 25.3 Å². The molecule has 4 atom stereocenters. The van der Waals surface area contributed by atoms with Gasteiger partial charge in [0, 0.05) is 6.54 Å². The lowest BCUT2D eigenvalue weighted by Gasteiger charge is -2.24. The fourth-order valence-corrected chi connectivity index (χ4v) is 2.80. The number of aliphatic carboxylic acids is 2. The van der Waals surface area contributed by atoms with E-state index < -0.39 is 66.9 Å². The molecule has 200 valence electrons. The van der Waals surface area contributed by atoms with E-state index in [4.69, 9.17) is 38.3 Å². The molecule has 0 heterocycles. The Morgan fingerprint density at radius 1 is 0.800 bits per heavy atom. The molecule has 0 saturated heterocycles. The molecule has 0 rings (SSSR count). The molecule has 0 aromatic rings. The topological polar surface area (TPSA) is 299 Å². The first-order valence-electron chi connectivity index (χ1n) is 10.9. The second-order valence-electron chi connectivity index (χ2n) is 7.64. The zero-order chi connectivity index (χ0) is 27.0. The Bertz CT molecular complexity index is 759. The smallest absolute Gasteiger partial charge is 0.328 e. The van der Waals surface area contributed by atoms with Gasteiger partial charge in [-0.2, -0.15) is 0 Å². The maximum absolute atomic E-state index is 12.8. The van der Waals surface area contributed by atoms with Gasteiger partial charge >= 0.3 is 11.9 Å². The lowest BCUT2D eigenvalue weighted by Crippen LogP contribution is -2.57. The van der Waals surface area contributed by atoms with E-state index in [2.05, 4.69) is 20.9 Å². The Morgan fingerprint density at radius 2 is 1.37 bits per heavy atom. The number of rotatable bonds is 18. The highest BCUT2D eigenvalue weighted by Crippen LogP contribution is 2.05. The summed E-state index contributed by atoms with van der Waals surface area (Å²) < 4.78 is 0. The molecule has 0 aliphatic heterocycles. The number of carbonyl (C=O) groups excluding carboxylic acids is 3. The van der Waals surface area contributed by atoms with Crippen molar-refractivity contribution in [1.82, 2.24) is 16.0 Å². The van der Waals surface area contributed by atoms with Crippen LogP contribution in [0.15, 0.2) is 4.99 Å². The van der Waals surface area contributed by atoms with Crippen LogP contribution in [0.25, 0.3) is 0 Å². The molecule has 35 heavy (non-hydrogen) atoms. The molecule has 16 heteroatoms. The molecule has 0 radical (unpaired) electrons. The minimum Gasteiger partial charge on any atom is -0.481 e. The van der Waals surface area contributed by atoms with E-state index in [1.165, 1.54) is 0 Å². The van der Waals surface area contributed by atoms with Crippen LogP contribution >= 0.6 is 0 Å². The highest BCUT2D eigenvalue weighted by molar-refractivity contribution is 5.95. The fraction of sp³-hybridized carbons (Fsp3) is 0.684. The second-order valence-corrected chi connectivity index (χ2v) is 7.64. The molecule has 0 spiro atoms. The molecule has 0 aliphatic rings. The summed E-state index contributed by atoms with van der Waals surface area (Å²) in [7, 11) is 0. The standard InChI is InChI=1S/C19H36N8O8/c20-6-2-1-5-11(16(32)27-13(9-28)18(34)35)25-17(33)12(8-14(29)30)26-15(31)10(21)4-3-7-24-19(22)23/h10-13,28H,1-9,20-21H2,(H,25,33)(H,26,31)(H,27,32)(H,29,30)(H,34,35)(H4,22,23,24). The van der Waals surface area contributed by atoms with E-state index >= 15 is 0 Å². The van der Waals surface area contributed by atoms with Gasteiger partial charge in [0.05, 0.1) is 19.1 Å². The van der Waals surface area contributed by atoms with Gasteiger partial charge in [0.2, 0.25) is 17.7 Å². The Hall–Kier alpha value is -3.50. The first kappa shape index (κ1) is 31.5. The third-order valence-corrected chi connectivity index (χ3v) is 4.69. The molecule has 0 fully saturated rings. The van der Waals surface area contributed by atoms with Crippen LogP contribution in [0.1, 0.15) is 38.5 Å². The fourth-order valence-electron chi connectivity index (χ4n) is 2.80. The molecule has 0 bridgehead atoms. The van der Waals surface area contributed by atoms with Crippen molar-refractivity contribution in [2.75, 3.05) is 19.7 Å². The normalized spacial score (nSPS) is 14.0. The van der Waals surface area contributed by atoms with Crippen LogP contribution in [0.2, 0.25) is 0 Å². The summed E-state index contributed by atoms with van der Waals surface area (Å²) in [5, 5.41) is 34.0. The van der Waals surface area contributed by atoms with Gasteiger partial charge in [-0.25, -0.2) is 4.79 Å². The lowest BCUT2D eigenvalue weighted by atomic mass is 10.1. The van der Waals surface area contributed by atoms with Gasteiger partial charge in [-0.3, -0.25) is 24.2 Å². The maximum atomic E-state index is 12.8. The summed E-state index contributed by atoms with van der Waals surface area (Å²) in [6.07, 6.45) is 0.607. The number of amides is 3. The number of hydrogen-bond acceptors (Lipinski definition) is 9. The lowest BCUT2D eigenvalue weighted by molar-refractivity contribution is -0.144. The summed E-state index contributed by atoms with van der Waals surface area (Å²) in [5.74, 6) is -5.71. The Morgan fingerprint density at radius 3 is 1.89 bits per heavy atom. The number of aliphatic hydroxyl groups is 1. The largest absolute Gasteiger partial charge is 0.481 e. The number of unbranched alkanes of at least 4 members (excludes halogenated alkanes) is 1. The van der Waals surface area contributed by atoms with Crippen LogP contribution in [-0.4, -0.2) is 94.8 Å². The van der Waals surface area contributed by atoms with Gasteiger partial charge < -0.3 is 54.2 Å². The van der Waals surface area contributed by atoms with Crippen LogP contribution in [0, 0.1) is 0 Å². The van der Waals surface area contributed by atoms with Crippen LogP contribution in [0.4, 0.5) is 0 Å². The quantitative estimate of drug-likeness (QED) is 0.0480. The van der Waals surface area contributed by atoms with Crippen LogP contribution in [0.3, 0.4) is 0 Å². The van der Waals surface area contributed by atoms with Crippen molar-refractivity contribution in [3.8, 4) is 0 Å². The summed E-state index contributed by atoms with van der Waals surface area (Å²) in [6, 6.07) is -5.54. The molecule has 4 unspecified atom stereocenters. The van der Waals surface area contributed by atoms with Crippen LogP contribution in [0.5, 0.6) is 0 Å². The SMILES string of the molecule is NCCCCC(NC(=O)C(CC(=O)O)NC(=O)C(N)CCCN=C(N)N)C(=O)NC(CO)C(=O)O. The molecule has 0 aromatic heterocycles. The number of carboxylic acids is 2. The van der Waals surface area contributed by atoms with Crippen molar-refractivity contribution < 1.29 is 39.3 Å². The van der Waals surface area contributed by atoms with Gasteiger partial charge in [0.25, 0.3) is 0 Å². The number of carboxylic acid groups (broad SMARTS) is 2. The van der Waals surface area contributed by atoms with Crippen molar-refractivity contribution in [3.05, 3.63) is 0 Å². The maximum Gasteiger partial charge on any atom is 0.328 e. The van der Waals surface area contributed by atoms with Gasteiger partial charge in [0.1, 0.15) is 18.1 Å². The summed E-state index contributed by atoms with van der Waals surface area (Å²) in [4.78, 5) is 63.8. The van der Waals surface area contributed by atoms with Crippen LogP contribution in [-0.2, 0) is 24.0 Å². The Balaban J connectivity index is 5.34. The average Bonchev–Trinajstić information content (AvgIpc) is 2.77. The van der Waals surface area contributed by atoms with Crippen molar-refractivity contribution in [3.63, 3.8) is 0 Å².